The molecule has 0 bridgehead atoms. The van der Waals surface area contributed by atoms with Crippen molar-refractivity contribution in [2.24, 2.45) is 11.5 Å². The number of carbonyl (C=O) groups excluding carboxylic acids is 4. The Morgan fingerprint density at radius 3 is 1.80 bits per heavy atom. The fourth-order valence-corrected chi connectivity index (χ4v) is 9.02. The molecule has 21 atom stereocenters. The second-order valence-corrected chi connectivity index (χ2v) is 20.2. The molecule has 34 nitrogen and oxygen atoms in total. The van der Waals surface area contributed by atoms with Gasteiger partial charge in [0.2, 0.25) is 11.8 Å². The van der Waals surface area contributed by atoms with Gasteiger partial charge in [0, 0.05) is 57.4 Å². The van der Waals surface area contributed by atoms with Gasteiger partial charge < -0.3 is 146 Å². The molecule has 0 aromatic carbocycles. The standard InChI is InChI=1S/C50H87N5O29/c1-24(2)44(71)77-23-26(61)20-54-34-38(68)42(80-46-33(52)36(66)40(70)49(83-46)75-16-12-56)28(22-59)79-47(34)82-43-39(69)35(48(84-50(43)76-17-13-57)81-41-27(21-58)78-45(72)32(51)37(41)67)55-30(63)9-4-8-29(62)53-11-15-74-19-18-73-14-5-7-25(60)6-3-10-31(64)65/h26-28,32-43,45-50,54,56-59,61,66-70,72H,1,3-23,51-52H2,2H3,(H,53,62)(H,55,63)(H,64,65)/t26?,27?,28?,32?,33?,34?,35?,36-,37-,38-,39-,40+,41-,42-,43+,45-,46-,47+,48-,49?,50?/m1/s1. The molecule has 84 heavy (non-hydrogen) atoms. The highest BCUT2D eigenvalue weighted by molar-refractivity contribution is 5.87. The lowest BCUT2D eigenvalue weighted by atomic mass is 9.94. The number of rotatable bonds is 39. The number of aliphatic carboxylic acids is 1. The van der Waals surface area contributed by atoms with Crippen LogP contribution in [0.1, 0.15) is 58.3 Å². The van der Waals surface area contributed by atoms with Crippen LogP contribution in [0.15, 0.2) is 12.2 Å². The van der Waals surface area contributed by atoms with Crippen LogP contribution < -0.4 is 27.4 Å². The van der Waals surface area contributed by atoms with E-state index in [4.69, 9.17) is 73.4 Å². The first-order valence-electron chi connectivity index (χ1n) is 27.6. The van der Waals surface area contributed by atoms with Crippen molar-refractivity contribution in [2.45, 2.75) is 187 Å². The Bertz CT molecular complexity index is 1990. The minimum absolute atomic E-state index is 0.0165. The summed E-state index contributed by atoms with van der Waals surface area (Å²) < 4.78 is 68.8. The molecule has 4 heterocycles. The number of aliphatic hydroxyl groups is 11. The zero-order valence-corrected chi connectivity index (χ0v) is 46.6. The Hall–Kier alpha value is -3.71. The zero-order valence-electron chi connectivity index (χ0n) is 46.6. The van der Waals surface area contributed by atoms with Gasteiger partial charge in [-0.3, -0.25) is 19.2 Å². The fourth-order valence-electron chi connectivity index (χ4n) is 9.02. The number of esters is 1. The van der Waals surface area contributed by atoms with Crippen LogP contribution >= 0.6 is 0 Å². The fraction of sp³-hybridized carbons (Fsp3) is 0.860. The smallest absolute Gasteiger partial charge is 0.333 e. The molecule has 486 valence electrons. The Kier molecular flexibility index (Phi) is 32.8. The second-order valence-electron chi connectivity index (χ2n) is 20.2. The van der Waals surface area contributed by atoms with Crippen molar-refractivity contribution < 1.29 is 142 Å². The highest BCUT2D eigenvalue weighted by Gasteiger charge is 2.56. The Morgan fingerprint density at radius 1 is 0.583 bits per heavy atom. The highest BCUT2D eigenvalue weighted by atomic mass is 16.8. The topological polar surface area (TPSA) is 527 Å². The van der Waals surface area contributed by atoms with Gasteiger partial charge in [0.15, 0.2) is 37.7 Å². The summed E-state index contributed by atoms with van der Waals surface area (Å²) in [7, 11) is 0. The van der Waals surface area contributed by atoms with Crippen molar-refractivity contribution in [1.82, 2.24) is 16.0 Å². The lowest BCUT2D eigenvalue weighted by molar-refractivity contribution is -0.390. The number of hydrogen-bond acceptors (Lipinski definition) is 31. The molecule has 0 saturated carbocycles. The Balaban J connectivity index is 1.52. The van der Waals surface area contributed by atoms with E-state index in [1.165, 1.54) is 6.92 Å². The van der Waals surface area contributed by atoms with E-state index in [2.05, 4.69) is 22.5 Å². The first kappa shape index (κ1) is 72.8. The monoisotopic (exact) mass is 1220 g/mol. The number of hydrogen-bond donors (Lipinski definition) is 17. The number of Topliss-reactive ketones (excluding diaryl/α,β-unsaturated/α-hetero) is 1. The minimum Gasteiger partial charge on any atom is -0.481 e. The van der Waals surface area contributed by atoms with Crippen molar-refractivity contribution in [3.05, 3.63) is 12.2 Å². The molecule has 4 saturated heterocycles. The van der Waals surface area contributed by atoms with Crippen LogP contribution in [0.2, 0.25) is 0 Å². The third-order valence-electron chi connectivity index (χ3n) is 13.5. The molecular weight excluding hydrogens is 1130 g/mol. The Morgan fingerprint density at radius 2 is 1.14 bits per heavy atom. The molecular formula is C50H87N5O29. The molecule has 4 aliphatic rings. The van der Waals surface area contributed by atoms with Crippen molar-refractivity contribution in [3.8, 4) is 0 Å². The molecule has 0 aromatic heterocycles. The maximum absolute atomic E-state index is 13.8. The third-order valence-corrected chi connectivity index (χ3v) is 13.5. The molecule has 4 aliphatic heterocycles. The van der Waals surface area contributed by atoms with Gasteiger partial charge >= 0.3 is 11.9 Å². The van der Waals surface area contributed by atoms with Crippen LogP contribution in [0.4, 0.5) is 0 Å². The van der Waals surface area contributed by atoms with Crippen LogP contribution in [0.25, 0.3) is 0 Å². The van der Waals surface area contributed by atoms with Gasteiger partial charge in [0.05, 0.1) is 77.6 Å². The molecule has 0 radical (unpaired) electrons. The van der Waals surface area contributed by atoms with Crippen LogP contribution in [0.5, 0.6) is 0 Å². The largest absolute Gasteiger partial charge is 0.481 e. The molecule has 2 amide bonds. The summed E-state index contributed by atoms with van der Waals surface area (Å²) >= 11 is 0. The Labute approximate surface area is 483 Å². The van der Waals surface area contributed by atoms with E-state index < -0.39 is 199 Å². The summed E-state index contributed by atoms with van der Waals surface area (Å²) in [5, 5.41) is 135. The van der Waals surface area contributed by atoms with Gasteiger partial charge in [-0.2, -0.15) is 0 Å². The first-order valence-corrected chi connectivity index (χ1v) is 27.6. The number of aliphatic hydroxyl groups excluding tert-OH is 11. The average molecular weight is 1220 g/mol. The number of ether oxygens (including phenoxy) is 12. The average Bonchev–Trinajstić information content (AvgIpc) is 1.92. The summed E-state index contributed by atoms with van der Waals surface area (Å²) in [5.74, 6) is -3.12. The lowest BCUT2D eigenvalue weighted by Crippen LogP contribution is -2.71. The summed E-state index contributed by atoms with van der Waals surface area (Å²) in [5.41, 5.74) is 12.2. The SMILES string of the molecule is C=C(C)C(=O)OCC(O)CNC1[C@H](O[C@@H]2C(OCCO)O[C@@H](O[C@@H]3C(CO)O[C@@H](O)C(N)[C@H]3O)C(NC(=O)CCCC(=O)NCCOCCOCCCC(=O)CCCC(=O)O)[C@H]2O)OC(CO)[C@@H](O[C@@H]2OC(OCCO)[C@@H](O)[C@H](O)C2N)[C@@H]1O. The van der Waals surface area contributed by atoms with Crippen LogP contribution in [-0.4, -0.2) is 306 Å². The van der Waals surface area contributed by atoms with Crippen molar-refractivity contribution in [1.29, 1.82) is 0 Å². The predicted molar refractivity (Wildman–Crippen MR) is 277 cm³/mol. The number of amides is 2. The van der Waals surface area contributed by atoms with Gasteiger partial charge in [0.25, 0.3) is 0 Å². The maximum Gasteiger partial charge on any atom is 0.333 e. The van der Waals surface area contributed by atoms with Gasteiger partial charge in [0.1, 0.15) is 85.6 Å². The molecule has 19 N–H and O–H groups in total. The number of carbonyl (C=O) groups is 5. The lowest BCUT2D eigenvalue weighted by Gasteiger charge is -2.50. The molecule has 4 fully saturated rings. The summed E-state index contributed by atoms with van der Waals surface area (Å²) in [6.07, 6.45) is -29.3. The number of carboxylic acids is 1. The summed E-state index contributed by atoms with van der Waals surface area (Å²) in [4.78, 5) is 61.1. The molecule has 4 rings (SSSR count). The van der Waals surface area contributed by atoms with E-state index in [9.17, 15) is 80.1 Å². The van der Waals surface area contributed by atoms with E-state index in [1.54, 1.807) is 0 Å². The predicted octanol–water partition coefficient (Wildman–Crippen LogP) is -8.74. The molecule has 9 unspecified atom stereocenters. The van der Waals surface area contributed by atoms with Crippen LogP contribution in [0, 0.1) is 0 Å². The second kappa shape index (κ2) is 37.9. The number of nitrogens with one attached hydrogen (secondary N) is 3. The normalized spacial score (nSPS) is 33.9. The van der Waals surface area contributed by atoms with Crippen LogP contribution in [0.3, 0.4) is 0 Å². The quantitative estimate of drug-likeness (QED) is 0.0154. The number of carboxylic acid groups (broad SMARTS) is 1. The molecule has 34 heteroatoms. The van der Waals surface area contributed by atoms with E-state index in [1.807, 2.05) is 0 Å². The third kappa shape index (κ3) is 22.8. The van der Waals surface area contributed by atoms with Crippen LogP contribution in [-0.2, 0) is 80.8 Å². The highest BCUT2D eigenvalue weighted by Crippen LogP contribution is 2.35. The number of ketones is 1. The van der Waals surface area contributed by atoms with Gasteiger partial charge in [-0.1, -0.05) is 6.58 Å². The van der Waals surface area contributed by atoms with Gasteiger partial charge in [-0.05, 0) is 26.2 Å². The summed E-state index contributed by atoms with van der Waals surface area (Å²) in [6, 6.07) is -6.44. The van der Waals surface area contributed by atoms with Crippen molar-refractivity contribution in [2.75, 3.05) is 85.8 Å². The van der Waals surface area contributed by atoms with E-state index in [-0.39, 0.29) is 89.3 Å². The van der Waals surface area contributed by atoms with E-state index in [0.29, 0.717) is 13.0 Å². The summed E-state index contributed by atoms with van der Waals surface area (Å²) in [6.45, 7) is 0.785. The van der Waals surface area contributed by atoms with Crippen molar-refractivity contribution in [3.63, 3.8) is 0 Å². The van der Waals surface area contributed by atoms with Gasteiger partial charge in [-0.15, -0.1) is 0 Å². The zero-order chi connectivity index (χ0) is 62.0. The van der Waals surface area contributed by atoms with Crippen molar-refractivity contribution >= 4 is 29.5 Å². The first-order chi connectivity index (χ1) is 40.1. The minimum atomic E-state index is -2.06. The maximum atomic E-state index is 13.8. The van der Waals surface area contributed by atoms with Gasteiger partial charge in [-0.25, -0.2) is 4.79 Å². The van der Waals surface area contributed by atoms with E-state index >= 15 is 0 Å². The molecule has 0 aromatic rings. The van der Waals surface area contributed by atoms with E-state index in [0.717, 1.165) is 0 Å². The molecule has 0 aliphatic carbocycles. The molecule has 0 spiro atoms. The number of nitrogens with two attached hydrogens (primary N) is 2.